The molecule has 1 N–H and O–H groups in total. The van der Waals surface area contributed by atoms with Gasteiger partial charge in [0, 0.05) is 27.8 Å². The molecular formula is C25H24ClN3O2. The van der Waals surface area contributed by atoms with Crippen molar-refractivity contribution in [1.29, 1.82) is 5.26 Å². The van der Waals surface area contributed by atoms with Gasteiger partial charge in [0.1, 0.15) is 17.4 Å². The zero-order valence-electron chi connectivity index (χ0n) is 18.0. The summed E-state index contributed by atoms with van der Waals surface area (Å²) in [6.07, 6.45) is 1.61. The van der Waals surface area contributed by atoms with E-state index in [2.05, 4.69) is 9.88 Å². The lowest BCUT2D eigenvalue weighted by atomic mass is 10.1. The minimum absolute atomic E-state index is 0.0250. The predicted octanol–water partition coefficient (Wildman–Crippen LogP) is 6.00. The Morgan fingerprint density at radius 3 is 2.55 bits per heavy atom. The number of aryl methyl sites for hydroxylation is 1. The number of halogens is 1. The Kier molecular flexibility index (Phi) is 6.84. The number of carbonyl (C=O) groups excluding carboxylic acids is 1. The highest BCUT2D eigenvalue weighted by atomic mass is 35.5. The fourth-order valence-corrected chi connectivity index (χ4v) is 3.62. The number of amides is 1. The van der Waals surface area contributed by atoms with Crippen LogP contribution in [-0.4, -0.2) is 17.1 Å². The van der Waals surface area contributed by atoms with Gasteiger partial charge in [-0.2, -0.15) is 5.26 Å². The van der Waals surface area contributed by atoms with Crippen molar-refractivity contribution in [3.8, 4) is 17.5 Å². The van der Waals surface area contributed by atoms with E-state index < -0.39 is 5.91 Å². The number of anilines is 1. The summed E-state index contributed by atoms with van der Waals surface area (Å²) >= 11 is 6.30. The average molecular weight is 434 g/mol. The van der Waals surface area contributed by atoms with Gasteiger partial charge in [-0.1, -0.05) is 17.7 Å². The molecule has 0 spiro atoms. The van der Waals surface area contributed by atoms with Gasteiger partial charge in [-0.25, -0.2) is 0 Å². The molecule has 0 saturated carbocycles. The van der Waals surface area contributed by atoms with Crippen LogP contribution in [0.15, 0.2) is 54.1 Å². The summed E-state index contributed by atoms with van der Waals surface area (Å²) in [6, 6.07) is 16.8. The third kappa shape index (κ3) is 4.82. The summed E-state index contributed by atoms with van der Waals surface area (Å²) in [7, 11) is 0. The number of benzene rings is 2. The molecule has 31 heavy (non-hydrogen) atoms. The molecule has 0 atom stereocenters. The Hall–Kier alpha value is -3.49. The lowest BCUT2D eigenvalue weighted by molar-refractivity contribution is -0.112. The number of nitrogens with one attached hydrogen (secondary N) is 1. The van der Waals surface area contributed by atoms with Crippen LogP contribution in [0.25, 0.3) is 11.8 Å². The van der Waals surface area contributed by atoms with Crippen molar-refractivity contribution in [2.24, 2.45) is 0 Å². The smallest absolute Gasteiger partial charge is 0.266 e. The number of hydrogen-bond acceptors (Lipinski definition) is 3. The largest absolute Gasteiger partial charge is 0.494 e. The number of nitriles is 1. The number of rotatable bonds is 6. The molecule has 0 radical (unpaired) electrons. The first-order valence-corrected chi connectivity index (χ1v) is 10.3. The van der Waals surface area contributed by atoms with Gasteiger partial charge in [-0.05, 0) is 87.4 Å². The van der Waals surface area contributed by atoms with E-state index in [0.29, 0.717) is 17.3 Å². The molecule has 1 aromatic heterocycles. The number of ether oxygens (including phenoxy) is 1. The van der Waals surface area contributed by atoms with Gasteiger partial charge < -0.3 is 14.6 Å². The summed E-state index contributed by atoms with van der Waals surface area (Å²) in [5.41, 5.74) is 5.26. The standard InChI is InChI=1S/C25H24ClN3O2/c1-5-31-22-11-9-21(10-12-22)28-25(30)20(15-27)14-19-13-16(2)29(18(19)4)24-8-6-7-23(26)17(24)3/h6-14H,5H2,1-4H3,(H,28,30)/b20-14-. The summed E-state index contributed by atoms with van der Waals surface area (Å²) in [4.78, 5) is 12.7. The zero-order valence-corrected chi connectivity index (χ0v) is 18.7. The molecule has 1 heterocycles. The second-order valence-electron chi connectivity index (χ2n) is 7.13. The monoisotopic (exact) mass is 433 g/mol. The van der Waals surface area contributed by atoms with Gasteiger partial charge in [-0.15, -0.1) is 0 Å². The maximum absolute atomic E-state index is 12.7. The van der Waals surface area contributed by atoms with Crippen LogP contribution < -0.4 is 10.1 Å². The van der Waals surface area contributed by atoms with Crippen LogP contribution in [-0.2, 0) is 4.79 Å². The fraction of sp³-hybridized carbons (Fsp3) is 0.200. The Labute approximate surface area is 187 Å². The minimum atomic E-state index is -0.463. The molecule has 0 unspecified atom stereocenters. The fourth-order valence-electron chi connectivity index (χ4n) is 3.45. The number of hydrogen-bond donors (Lipinski definition) is 1. The third-order valence-electron chi connectivity index (χ3n) is 5.04. The molecule has 1 amide bonds. The highest BCUT2D eigenvalue weighted by Crippen LogP contribution is 2.28. The van der Waals surface area contributed by atoms with Crippen LogP contribution >= 0.6 is 11.6 Å². The summed E-state index contributed by atoms with van der Waals surface area (Å²) in [5.74, 6) is 0.260. The molecular weight excluding hydrogens is 410 g/mol. The molecule has 158 valence electrons. The van der Waals surface area contributed by atoms with E-state index in [-0.39, 0.29) is 5.57 Å². The number of carbonyl (C=O) groups is 1. The number of aromatic nitrogens is 1. The maximum Gasteiger partial charge on any atom is 0.266 e. The van der Waals surface area contributed by atoms with Crippen LogP contribution in [0.1, 0.15) is 29.4 Å². The first-order chi connectivity index (χ1) is 14.8. The molecule has 0 bridgehead atoms. The molecule has 5 nitrogen and oxygen atoms in total. The highest BCUT2D eigenvalue weighted by Gasteiger charge is 2.15. The van der Waals surface area contributed by atoms with Crippen LogP contribution in [0.5, 0.6) is 5.75 Å². The lowest BCUT2D eigenvalue weighted by Gasteiger charge is -2.13. The maximum atomic E-state index is 12.7. The molecule has 3 aromatic rings. The quantitative estimate of drug-likeness (QED) is 0.383. The normalized spacial score (nSPS) is 11.2. The second kappa shape index (κ2) is 9.55. The molecule has 0 aliphatic heterocycles. The first-order valence-electron chi connectivity index (χ1n) is 9.96. The lowest BCUT2D eigenvalue weighted by Crippen LogP contribution is -2.13. The van der Waals surface area contributed by atoms with Crippen molar-refractivity contribution >= 4 is 29.3 Å². The average Bonchev–Trinajstić information content (AvgIpc) is 3.02. The third-order valence-corrected chi connectivity index (χ3v) is 5.45. The molecule has 0 fully saturated rings. The molecule has 2 aromatic carbocycles. The highest BCUT2D eigenvalue weighted by molar-refractivity contribution is 6.31. The van der Waals surface area contributed by atoms with Crippen LogP contribution in [0.4, 0.5) is 5.69 Å². The SMILES string of the molecule is CCOc1ccc(NC(=O)/C(C#N)=C\c2cc(C)n(-c3cccc(Cl)c3C)c2C)cc1. The molecule has 6 heteroatoms. The van der Waals surface area contributed by atoms with Gasteiger partial charge >= 0.3 is 0 Å². The Morgan fingerprint density at radius 1 is 1.19 bits per heavy atom. The van der Waals surface area contributed by atoms with Crippen molar-refractivity contribution in [2.45, 2.75) is 27.7 Å². The van der Waals surface area contributed by atoms with E-state index in [1.807, 2.05) is 58.0 Å². The van der Waals surface area contributed by atoms with Gasteiger partial charge in [0.2, 0.25) is 0 Å². The molecule has 0 saturated heterocycles. The van der Waals surface area contributed by atoms with E-state index in [9.17, 15) is 10.1 Å². The molecule has 3 rings (SSSR count). The van der Waals surface area contributed by atoms with E-state index in [0.717, 1.165) is 34.0 Å². The van der Waals surface area contributed by atoms with E-state index >= 15 is 0 Å². The Bertz CT molecular complexity index is 1180. The molecule has 0 aliphatic rings. The Balaban J connectivity index is 1.90. The van der Waals surface area contributed by atoms with Crippen LogP contribution in [0.2, 0.25) is 5.02 Å². The van der Waals surface area contributed by atoms with Gasteiger partial charge in [-0.3, -0.25) is 4.79 Å². The van der Waals surface area contributed by atoms with E-state index in [4.69, 9.17) is 16.3 Å². The van der Waals surface area contributed by atoms with Gasteiger partial charge in [0.15, 0.2) is 0 Å². The topological polar surface area (TPSA) is 67.0 Å². The van der Waals surface area contributed by atoms with Gasteiger partial charge in [0.05, 0.1) is 6.61 Å². The summed E-state index contributed by atoms with van der Waals surface area (Å²) in [6.45, 7) is 8.39. The van der Waals surface area contributed by atoms with E-state index in [1.165, 1.54) is 0 Å². The first kappa shape index (κ1) is 22.2. The van der Waals surface area contributed by atoms with Crippen LogP contribution in [0, 0.1) is 32.1 Å². The van der Waals surface area contributed by atoms with Gasteiger partial charge in [0.25, 0.3) is 5.91 Å². The van der Waals surface area contributed by atoms with Crippen LogP contribution in [0.3, 0.4) is 0 Å². The van der Waals surface area contributed by atoms with Crippen molar-refractivity contribution < 1.29 is 9.53 Å². The van der Waals surface area contributed by atoms with Crippen molar-refractivity contribution in [2.75, 3.05) is 11.9 Å². The second-order valence-corrected chi connectivity index (χ2v) is 7.53. The predicted molar refractivity (Wildman–Crippen MR) is 125 cm³/mol. The minimum Gasteiger partial charge on any atom is -0.494 e. The van der Waals surface area contributed by atoms with Crippen molar-refractivity contribution in [3.63, 3.8) is 0 Å². The van der Waals surface area contributed by atoms with E-state index in [1.54, 1.807) is 30.3 Å². The summed E-state index contributed by atoms with van der Waals surface area (Å²) < 4.78 is 7.48. The van der Waals surface area contributed by atoms with Crippen molar-refractivity contribution in [3.05, 3.63) is 81.6 Å². The van der Waals surface area contributed by atoms with Crippen molar-refractivity contribution in [1.82, 2.24) is 4.57 Å². The number of nitrogens with zero attached hydrogens (tertiary/aromatic N) is 2. The Morgan fingerprint density at radius 2 is 1.90 bits per heavy atom. The zero-order chi connectivity index (χ0) is 22.5. The molecule has 0 aliphatic carbocycles. The summed E-state index contributed by atoms with van der Waals surface area (Å²) in [5, 5.41) is 13.0.